The molecule has 2 bridgehead atoms. The number of aliphatic hydroxyl groups excluding tert-OH is 1. The Morgan fingerprint density at radius 3 is 2.68 bits per heavy atom. The molecule has 1 amide bonds. The fourth-order valence-corrected chi connectivity index (χ4v) is 4.21. The molecule has 2 aliphatic rings. The van der Waals surface area contributed by atoms with Gasteiger partial charge in [0.15, 0.2) is 5.69 Å². The van der Waals surface area contributed by atoms with Gasteiger partial charge in [-0.3, -0.25) is 4.79 Å². The molecule has 1 aromatic carbocycles. The molecule has 6 heteroatoms. The first-order chi connectivity index (χ1) is 11.9. The van der Waals surface area contributed by atoms with E-state index in [0.29, 0.717) is 22.6 Å². The van der Waals surface area contributed by atoms with E-state index in [2.05, 4.69) is 10.4 Å². The van der Waals surface area contributed by atoms with Crippen LogP contribution in [0.4, 0.5) is 0 Å². The summed E-state index contributed by atoms with van der Waals surface area (Å²) in [7, 11) is 0. The Morgan fingerprint density at radius 2 is 2.00 bits per heavy atom. The topological polar surface area (TPSA) is 67.2 Å². The molecule has 2 aromatic rings. The number of benzene rings is 1. The van der Waals surface area contributed by atoms with Crippen LogP contribution in [0.1, 0.15) is 66.7 Å². The maximum absolute atomic E-state index is 12.8. The lowest BCUT2D eigenvalue weighted by atomic mass is 9.94. The number of amides is 1. The van der Waals surface area contributed by atoms with Crippen molar-refractivity contribution in [2.24, 2.45) is 0 Å². The highest BCUT2D eigenvalue weighted by Crippen LogP contribution is 2.54. The van der Waals surface area contributed by atoms with Crippen LogP contribution < -0.4 is 5.32 Å². The first-order valence-electron chi connectivity index (χ1n) is 8.72. The molecule has 1 aromatic heterocycles. The zero-order chi connectivity index (χ0) is 17.8. The molecule has 0 unspecified atom stereocenters. The van der Waals surface area contributed by atoms with Crippen LogP contribution in [-0.4, -0.2) is 32.9 Å². The number of hydrogen-bond acceptors (Lipinski definition) is 3. The first-order valence-corrected chi connectivity index (χ1v) is 9.09. The van der Waals surface area contributed by atoms with Gasteiger partial charge >= 0.3 is 0 Å². The van der Waals surface area contributed by atoms with Gasteiger partial charge in [0.05, 0.1) is 23.5 Å². The lowest BCUT2D eigenvalue weighted by Crippen LogP contribution is -2.46. The predicted octanol–water partition coefficient (Wildman–Crippen LogP) is 3.39. The number of nitrogens with one attached hydrogen (secondary N) is 1. The van der Waals surface area contributed by atoms with Crippen LogP contribution in [0.15, 0.2) is 24.3 Å². The van der Waals surface area contributed by atoms with Gasteiger partial charge in [0.2, 0.25) is 0 Å². The van der Waals surface area contributed by atoms with E-state index >= 15 is 0 Å². The predicted molar refractivity (Wildman–Crippen MR) is 96.5 cm³/mol. The average Bonchev–Trinajstić information content (AvgIpc) is 3.27. The summed E-state index contributed by atoms with van der Waals surface area (Å²) in [4.78, 5) is 12.8. The highest BCUT2D eigenvalue weighted by atomic mass is 35.5. The van der Waals surface area contributed by atoms with Crippen LogP contribution in [-0.2, 0) is 0 Å². The molecule has 4 rings (SSSR count). The number of aliphatic hydroxyl groups is 1. The minimum atomic E-state index is -0.675. The van der Waals surface area contributed by atoms with Crippen molar-refractivity contribution in [2.75, 3.05) is 6.61 Å². The van der Waals surface area contributed by atoms with Crippen LogP contribution in [0.25, 0.3) is 5.69 Å². The lowest BCUT2D eigenvalue weighted by molar-refractivity contribution is 0.0862. The lowest BCUT2D eigenvalue weighted by Gasteiger charge is -2.23. The van der Waals surface area contributed by atoms with Gasteiger partial charge in [-0.15, -0.1) is 0 Å². The molecule has 0 spiro atoms. The van der Waals surface area contributed by atoms with Crippen LogP contribution in [0, 0.1) is 0 Å². The van der Waals surface area contributed by atoms with Crippen LogP contribution in [0.2, 0.25) is 5.02 Å². The molecule has 0 saturated heterocycles. The molecule has 5 nitrogen and oxygen atoms in total. The second kappa shape index (κ2) is 5.85. The number of fused-ring (bicyclic) bond motifs is 5. The van der Waals surface area contributed by atoms with Crippen molar-refractivity contribution in [1.82, 2.24) is 15.1 Å². The van der Waals surface area contributed by atoms with Gasteiger partial charge in [0, 0.05) is 16.5 Å². The van der Waals surface area contributed by atoms with Gasteiger partial charge in [0.1, 0.15) is 0 Å². The monoisotopic (exact) mass is 359 g/mol. The molecule has 2 aliphatic carbocycles. The summed E-state index contributed by atoms with van der Waals surface area (Å²) in [5.41, 5.74) is 3.02. The second-order valence-corrected chi connectivity index (χ2v) is 8.18. The molecule has 2 N–H and O–H groups in total. The molecule has 1 saturated carbocycles. The third kappa shape index (κ3) is 2.75. The Hall–Kier alpha value is -1.85. The van der Waals surface area contributed by atoms with E-state index in [4.69, 9.17) is 11.6 Å². The number of aromatic nitrogens is 2. The van der Waals surface area contributed by atoms with E-state index in [0.717, 1.165) is 30.5 Å². The zero-order valence-corrected chi connectivity index (χ0v) is 15.2. The van der Waals surface area contributed by atoms with E-state index in [1.54, 1.807) is 13.8 Å². The maximum Gasteiger partial charge on any atom is 0.272 e. The molecule has 1 fully saturated rings. The highest BCUT2D eigenvalue weighted by molar-refractivity contribution is 6.30. The minimum Gasteiger partial charge on any atom is -0.394 e. The number of carbonyl (C=O) groups excluding carboxylic acids is 1. The Labute approximate surface area is 152 Å². The summed E-state index contributed by atoms with van der Waals surface area (Å²) in [5, 5.41) is 17.7. The number of rotatable bonds is 4. The van der Waals surface area contributed by atoms with Crippen LogP contribution in [0.5, 0.6) is 0 Å². The van der Waals surface area contributed by atoms with Crippen molar-refractivity contribution in [2.45, 2.75) is 50.5 Å². The van der Waals surface area contributed by atoms with Crippen LogP contribution >= 0.6 is 11.6 Å². The third-order valence-electron chi connectivity index (χ3n) is 5.32. The summed E-state index contributed by atoms with van der Waals surface area (Å²) < 4.78 is 1.91. The molecule has 0 aliphatic heterocycles. The van der Waals surface area contributed by atoms with Crippen molar-refractivity contribution in [3.05, 3.63) is 46.2 Å². The number of nitrogens with zero attached hydrogens (tertiary/aromatic N) is 2. The summed E-state index contributed by atoms with van der Waals surface area (Å²) in [6.07, 6.45) is 3.37. The van der Waals surface area contributed by atoms with Crippen molar-refractivity contribution in [1.29, 1.82) is 0 Å². The van der Waals surface area contributed by atoms with Gasteiger partial charge in [-0.1, -0.05) is 11.6 Å². The van der Waals surface area contributed by atoms with Gasteiger partial charge in [0.25, 0.3) is 5.91 Å². The molecule has 0 radical (unpaired) electrons. The van der Waals surface area contributed by atoms with E-state index in [1.165, 1.54) is 5.69 Å². The highest BCUT2D eigenvalue weighted by Gasteiger charge is 2.44. The van der Waals surface area contributed by atoms with Crippen LogP contribution in [0.3, 0.4) is 0 Å². The molecule has 132 valence electrons. The molecule has 2 atom stereocenters. The minimum absolute atomic E-state index is 0.120. The normalized spacial score (nSPS) is 21.4. The number of hydrogen-bond donors (Lipinski definition) is 2. The third-order valence-corrected chi connectivity index (χ3v) is 5.57. The summed E-state index contributed by atoms with van der Waals surface area (Å²) in [6, 6.07) is 7.54. The van der Waals surface area contributed by atoms with Gasteiger partial charge < -0.3 is 10.4 Å². The SMILES string of the molecule is CC(C)(CO)NC(=O)c1nn(-c2ccc(Cl)cc2)c2c1[C@H]1CC[C@@H]2C1. The fourth-order valence-electron chi connectivity index (χ4n) is 4.08. The Morgan fingerprint density at radius 1 is 1.32 bits per heavy atom. The maximum atomic E-state index is 12.8. The summed E-state index contributed by atoms with van der Waals surface area (Å²) >= 11 is 6.01. The van der Waals surface area contributed by atoms with Crippen molar-refractivity contribution in [3.8, 4) is 5.69 Å². The number of carbonyl (C=O) groups is 1. The average molecular weight is 360 g/mol. The zero-order valence-electron chi connectivity index (χ0n) is 14.4. The molecular weight excluding hydrogens is 338 g/mol. The van der Waals surface area contributed by atoms with E-state index in [-0.39, 0.29) is 12.5 Å². The Kier molecular flexibility index (Phi) is 3.89. The van der Waals surface area contributed by atoms with Crippen molar-refractivity contribution < 1.29 is 9.90 Å². The molecule has 25 heavy (non-hydrogen) atoms. The van der Waals surface area contributed by atoms with E-state index < -0.39 is 5.54 Å². The Bertz CT molecular complexity index is 826. The quantitative estimate of drug-likeness (QED) is 0.879. The second-order valence-electron chi connectivity index (χ2n) is 7.74. The van der Waals surface area contributed by atoms with Gasteiger partial charge in [-0.05, 0) is 63.3 Å². The first kappa shape index (κ1) is 16.6. The van der Waals surface area contributed by atoms with Gasteiger partial charge in [-0.2, -0.15) is 5.10 Å². The largest absolute Gasteiger partial charge is 0.394 e. The van der Waals surface area contributed by atoms with Gasteiger partial charge in [-0.25, -0.2) is 4.68 Å². The van der Waals surface area contributed by atoms with E-state index in [9.17, 15) is 9.90 Å². The molecule has 1 heterocycles. The van der Waals surface area contributed by atoms with E-state index in [1.807, 2.05) is 28.9 Å². The number of halogens is 1. The van der Waals surface area contributed by atoms with Crippen molar-refractivity contribution >= 4 is 17.5 Å². The fraction of sp³-hybridized carbons (Fsp3) is 0.474. The standard InChI is InChI=1S/C19H22ClN3O2/c1-19(2,10-24)21-18(25)16-15-11-3-4-12(9-11)17(15)23(22-16)14-7-5-13(20)6-8-14/h5-8,11-12,24H,3-4,9-10H2,1-2H3,(H,21,25)/t11-,12+/m0/s1. The summed E-state index contributed by atoms with van der Waals surface area (Å²) in [6.45, 7) is 3.48. The Balaban J connectivity index is 1.79. The smallest absolute Gasteiger partial charge is 0.272 e. The summed E-state index contributed by atoms with van der Waals surface area (Å²) in [5.74, 6) is 0.671. The van der Waals surface area contributed by atoms with Crippen molar-refractivity contribution in [3.63, 3.8) is 0 Å². The molecular formula is C19H22ClN3O2.